The molecule has 0 bridgehead atoms. The Balaban J connectivity index is 1.66. The van der Waals surface area contributed by atoms with Gasteiger partial charge < -0.3 is 9.47 Å². The number of ether oxygens (including phenoxy) is 2. The molecule has 11 heteroatoms. The zero-order chi connectivity index (χ0) is 28.0. The Bertz CT molecular complexity index is 1480. The second-order valence-corrected chi connectivity index (χ2v) is 12.0. The van der Waals surface area contributed by atoms with Crippen LogP contribution in [-0.2, 0) is 26.0 Å². The summed E-state index contributed by atoms with van der Waals surface area (Å²) in [6.07, 6.45) is 1.68. The average molecular weight is 569 g/mol. The fourth-order valence-corrected chi connectivity index (χ4v) is 6.43. The van der Waals surface area contributed by atoms with Crippen LogP contribution in [-0.4, -0.2) is 69.1 Å². The molecule has 0 fully saturated rings. The van der Waals surface area contributed by atoms with E-state index in [1.807, 2.05) is 38.1 Å². The molecule has 0 spiro atoms. The molecule has 0 saturated heterocycles. The summed E-state index contributed by atoms with van der Waals surface area (Å²) in [5, 5.41) is 0.549. The highest BCUT2D eigenvalue weighted by Gasteiger charge is 2.26. The quantitative estimate of drug-likeness (QED) is 0.249. The van der Waals surface area contributed by atoms with Gasteiger partial charge in [0.2, 0.25) is 10.0 Å². The number of sulfonamides is 1. The number of aromatic nitrogens is 2. The van der Waals surface area contributed by atoms with Crippen LogP contribution >= 0.6 is 11.3 Å². The van der Waals surface area contributed by atoms with Crippen molar-refractivity contribution in [3.63, 3.8) is 0 Å². The van der Waals surface area contributed by atoms with E-state index in [1.54, 1.807) is 11.1 Å². The second-order valence-electron chi connectivity index (χ2n) is 9.03. The zero-order valence-corrected chi connectivity index (χ0v) is 24.1. The Labute approximate surface area is 233 Å². The molecule has 0 aliphatic heterocycles. The van der Waals surface area contributed by atoms with Crippen LogP contribution in [0.5, 0.6) is 0 Å². The first-order valence-corrected chi connectivity index (χ1v) is 14.7. The van der Waals surface area contributed by atoms with Crippen LogP contribution in [0.3, 0.4) is 0 Å². The highest BCUT2D eigenvalue weighted by atomic mass is 32.2. The predicted molar refractivity (Wildman–Crippen MR) is 153 cm³/mol. The standard InChI is InChI=1S/C28H32N4O5S2/c1-20-17-25-26(18-21(20)2)38-28(30-25)32(19-23-7-5-6-12-29-23)27(33)22-8-10-24(11-9-22)39(34,35)31(13-15-36-3)14-16-37-4/h5-12,17-18H,13-16,19H2,1-4H3. The van der Waals surface area contributed by atoms with Crippen LogP contribution in [0.15, 0.2) is 65.7 Å². The van der Waals surface area contributed by atoms with E-state index in [1.165, 1.54) is 54.1 Å². The lowest BCUT2D eigenvalue weighted by Gasteiger charge is -2.22. The van der Waals surface area contributed by atoms with Crippen molar-refractivity contribution in [3.05, 3.63) is 83.2 Å². The average Bonchev–Trinajstić information content (AvgIpc) is 3.34. The Morgan fingerprint density at radius 2 is 1.62 bits per heavy atom. The number of fused-ring (bicyclic) bond motifs is 1. The number of amides is 1. The molecule has 0 atom stereocenters. The normalized spacial score (nSPS) is 11.8. The van der Waals surface area contributed by atoms with Crippen molar-refractivity contribution in [2.45, 2.75) is 25.3 Å². The Hall–Kier alpha value is -3.22. The fraction of sp³-hybridized carbons (Fsp3) is 0.321. The molecule has 4 aromatic rings. The molecule has 4 rings (SSSR count). The maximum Gasteiger partial charge on any atom is 0.260 e. The van der Waals surface area contributed by atoms with Crippen molar-refractivity contribution in [2.24, 2.45) is 0 Å². The van der Waals surface area contributed by atoms with Crippen LogP contribution < -0.4 is 4.90 Å². The third-order valence-electron chi connectivity index (χ3n) is 6.34. The maximum atomic E-state index is 13.8. The second kappa shape index (κ2) is 12.8. The van der Waals surface area contributed by atoms with Crippen molar-refractivity contribution in [1.29, 1.82) is 0 Å². The molecule has 2 aromatic carbocycles. The van der Waals surface area contributed by atoms with Crippen LogP contribution in [0, 0.1) is 13.8 Å². The molecule has 9 nitrogen and oxygen atoms in total. The van der Waals surface area contributed by atoms with Crippen molar-refractivity contribution >= 4 is 42.6 Å². The maximum absolute atomic E-state index is 13.8. The van der Waals surface area contributed by atoms with E-state index in [4.69, 9.17) is 14.5 Å². The van der Waals surface area contributed by atoms with E-state index in [9.17, 15) is 13.2 Å². The van der Waals surface area contributed by atoms with E-state index in [2.05, 4.69) is 11.1 Å². The SMILES string of the molecule is COCCN(CCOC)S(=O)(=O)c1ccc(C(=O)N(Cc2ccccn2)c2nc3cc(C)c(C)cc3s2)cc1. The molecule has 0 unspecified atom stereocenters. The monoisotopic (exact) mass is 568 g/mol. The molecular weight excluding hydrogens is 536 g/mol. The number of methoxy groups -OCH3 is 2. The Morgan fingerprint density at radius 1 is 0.949 bits per heavy atom. The van der Waals surface area contributed by atoms with Gasteiger partial charge in [-0.2, -0.15) is 4.31 Å². The van der Waals surface area contributed by atoms with Crippen LogP contribution in [0.4, 0.5) is 5.13 Å². The Kier molecular flexibility index (Phi) is 9.41. The third kappa shape index (κ3) is 6.68. The van der Waals surface area contributed by atoms with Gasteiger partial charge >= 0.3 is 0 Å². The lowest BCUT2D eigenvalue weighted by Crippen LogP contribution is -2.36. The zero-order valence-electron chi connectivity index (χ0n) is 22.5. The van der Waals surface area contributed by atoms with Crippen molar-refractivity contribution in [2.75, 3.05) is 45.4 Å². The van der Waals surface area contributed by atoms with Crippen molar-refractivity contribution in [3.8, 4) is 0 Å². The number of rotatable bonds is 12. The first kappa shape index (κ1) is 28.8. The summed E-state index contributed by atoms with van der Waals surface area (Å²) >= 11 is 1.44. The summed E-state index contributed by atoms with van der Waals surface area (Å²) in [4.78, 5) is 24.6. The van der Waals surface area contributed by atoms with Gasteiger partial charge in [0.15, 0.2) is 5.13 Å². The minimum Gasteiger partial charge on any atom is -0.383 e. The molecule has 2 heterocycles. The van der Waals surface area contributed by atoms with Crippen molar-refractivity contribution < 1.29 is 22.7 Å². The van der Waals surface area contributed by atoms with E-state index in [0.29, 0.717) is 16.4 Å². The lowest BCUT2D eigenvalue weighted by atomic mass is 10.1. The first-order chi connectivity index (χ1) is 18.7. The fourth-order valence-electron chi connectivity index (χ4n) is 3.98. The number of nitrogens with zero attached hydrogens (tertiary/aromatic N) is 4. The molecule has 39 heavy (non-hydrogen) atoms. The summed E-state index contributed by atoms with van der Waals surface area (Å²) in [5.41, 5.74) is 4.16. The number of carbonyl (C=O) groups excluding carboxylic acids is 1. The molecule has 0 radical (unpaired) electrons. The highest BCUT2D eigenvalue weighted by molar-refractivity contribution is 7.89. The van der Waals surface area contributed by atoms with Crippen LogP contribution in [0.25, 0.3) is 10.2 Å². The number of hydrogen-bond donors (Lipinski definition) is 0. The number of aryl methyl sites for hydroxylation is 2. The van der Waals surface area contributed by atoms with E-state index < -0.39 is 10.0 Å². The van der Waals surface area contributed by atoms with E-state index in [-0.39, 0.29) is 43.7 Å². The summed E-state index contributed by atoms with van der Waals surface area (Å²) in [5.74, 6) is -0.298. The number of hydrogen-bond acceptors (Lipinski definition) is 8. The van der Waals surface area contributed by atoms with Gasteiger partial charge in [0.25, 0.3) is 5.91 Å². The minimum absolute atomic E-state index is 0.0912. The summed E-state index contributed by atoms with van der Waals surface area (Å²) < 4.78 is 39.0. The van der Waals surface area contributed by atoms with Gasteiger partial charge in [0, 0.05) is 39.1 Å². The Morgan fingerprint density at radius 3 is 2.23 bits per heavy atom. The first-order valence-electron chi connectivity index (χ1n) is 12.4. The summed E-state index contributed by atoms with van der Waals surface area (Å²) in [7, 11) is -0.767. The van der Waals surface area contributed by atoms with Gasteiger partial charge in [0.05, 0.1) is 40.6 Å². The van der Waals surface area contributed by atoms with Gasteiger partial charge in [-0.3, -0.25) is 14.7 Å². The highest BCUT2D eigenvalue weighted by Crippen LogP contribution is 2.32. The molecule has 206 valence electrons. The van der Waals surface area contributed by atoms with Gasteiger partial charge in [-0.15, -0.1) is 0 Å². The minimum atomic E-state index is -3.81. The van der Waals surface area contributed by atoms with Gasteiger partial charge in [0.1, 0.15) is 0 Å². The number of anilines is 1. The number of pyridine rings is 1. The predicted octanol–water partition coefficient (Wildman–Crippen LogP) is 4.44. The molecular formula is C28H32N4O5S2. The van der Waals surface area contributed by atoms with Crippen LogP contribution in [0.1, 0.15) is 27.2 Å². The number of benzene rings is 2. The smallest absolute Gasteiger partial charge is 0.260 e. The molecule has 2 aromatic heterocycles. The van der Waals surface area contributed by atoms with Crippen LogP contribution in [0.2, 0.25) is 0 Å². The topological polar surface area (TPSA) is 102 Å². The lowest BCUT2D eigenvalue weighted by molar-refractivity contribution is 0.0984. The summed E-state index contributed by atoms with van der Waals surface area (Å²) in [6, 6.07) is 15.6. The van der Waals surface area contributed by atoms with Crippen molar-refractivity contribution in [1.82, 2.24) is 14.3 Å². The number of thiazole rings is 1. The van der Waals surface area contributed by atoms with Gasteiger partial charge in [-0.25, -0.2) is 13.4 Å². The molecule has 0 saturated carbocycles. The molecule has 0 N–H and O–H groups in total. The summed E-state index contributed by atoms with van der Waals surface area (Å²) in [6.45, 7) is 5.19. The molecule has 0 aliphatic rings. The number of carbonyl (C=O) groups is 1. The van der Waals surface area contributed by atoms with E-state index >= 15 is 0 Å². The largest absolute Gasteiger partial charge is 0.383 e. The van der Waals surface area contributed by atoms with E-state index in [0.717, 1.165) is 21.3 Å². The van der Waals surface area contributed by atoms with Gasteiger partial charge in [-0.1, -0.05) is 17.4 Å². The molecule has 0 aliphatic carbocycles. The molecule has 1 amide bonds. The third-order valence-corrected chi connectivity index (χ3v) is 9.30. The van der Waals surface area contributed by atoms with Gasteiger partial charge in [-0.05, 0) is 73.5 Å².